The standard InChI is InChI=1S/C27H33ClN2O3S.2C24H28ClN3S.C24H28ClNO3S.C9H9BrO.2ClH/c1-27(2,3)33-26(32)30-16-12-20-10-11-23(28)25(22(20)13-17-30)34-18-19-6-8-21(9-7-19)24(31)14-15-29(4)5;1-2-3-16-28-23(12-15-27-28)20-6-4-18(5-7-20)17-29-24-21-11-14-26-13-10-19(21)8-9-22(24)25;1-2-3-15-28-16-12-23(27-28)20-6-4-18(5-7-20)17-29-24-21-11-14-26-13-10-19(21)8-9-22(24)25;1-16(27)18-7-5-17(6-8-18)15-30-22-20-12-14-26(23(28)29-24(2,3)4)13-11-19(20)9-10-21(22)25;1-7(11)9-4-2-8(6-10)3-5-9;;/h6-11,14-15H,12-13,16-18H2,1-5H3;4-9,12,15,26H,2-3,10-11,13-14,16-17H2,1H3;4-9,12,16,26H,2-3,10-11,13-15,17H2,1H3;5-10H,11-15H2,1-4H3;2-5H,6H2,1H3;2*1H/b15-14+;;;;;;. The Kier molecular flexibility index (Phi) is 45.2. The number of thioether (sulfide) groups is 4. The zero-order valence-electron chi connectivity index (χ0n) is 79.5. The van der Waals surface area contributed by atoms with Gasteiger partial charge in [0.05, 0.1) is 31.5 Å². The van der Waals surface area contributed by atoms with Crippen molar-refractivity contribution in [3.05, 3.63) is 316 Å². The van der Waals surface area contributed by atoms with Crippen molar-refractivity contribution in [3.63, 3.8) is 0 Å². The van der Waals surface area contributed by atoms with Crippen LogP contribution in [0.4, 0.5) is 9.59 Å². The van der Waals surface area contributed by atoms with Gasteiger partial charge in [-0.25, -0.2) is 9.59 Å². The van der Waals surface area contributed by atoms with Crippen LogP contribution in [0.25, 0.3) is 22.5 Å². The predicted octanol–water partition coefficient (Wildman–Crippen LogP) is 28.0. The van der Waals surface area contributed by atoms with Crippen LogP contribution in [0.2, 0.25) is 20.1 Å². The number of ether oxygens (including phenoxy) is 2. The van der Waals surface area contributed by atoms with E-state index in [0.717, 1.165) is 183 Å². The van der Waals surface area contributed by atoms with Crippen molar-refractivity contribution in [2.75, 3.05) is 66.5 Å². The first-order chi connectivity index (χ1) is 63.9. The zero-order chi connectivity index (χ0) is 95.1. The molecule has 4 aliphatic heterocycles. The quantitative estimate of drug-likeness (QED) is 0.0227. The molecule has 15 rings (SSSR count). The first-order valence-electron chi connectivity index (χ1n) is 46.0. The minimum atomic E-state index is -0.511. The van der Waals surface area contributed by atoms with Gasteiger partial charge in [0.2, 0.25) is 0 Å². The summed E-state index contributed by atoms with van der Waals surface area (Å²) in [4.78, 5) is 69.7. The largest absolute Gasteiger partial charge is 0.444 e. The number of rotatable bonds is 26. The molecule has 0 aliphatic carbocycles. The molecule has 0 saturated heterocycles. The first kappa shape index (κ1) is 111. The minimum absolute atomic E-state index is 0. The highest BCUT2D eigenvalue weighted by molar-refractivity contribution is 9.08. The Balaban J connectivity index is 0.000000194. The fourth-order valence-corrected chi connectivity index (χ4v) is 21.7. The molecule has 2 aromatic heterocycles. The van der Waals surface area contributed by atoms with Gasteiger partial charge in [-0.2, -0.15) is 10.2 Å². The number of fused-ring (bicyclic) bond motifs is 4. The monoisotopic (exact) mass is 2080 g/mol. The second kappa shape index (κ2) is 55.1. The Morgan fingerprint density at radius 3 is 1.19 bits per heavy atom. The number of halogens is 7. The lowest BCUT2D eigenvalue weighted by atomic mass is 10.0. The van der Waals surface area contributed by atoms with Crippen LogP contribution in [0.3, 0.4) is 0 Å². The van der Waals surface area contributed by atoms with Crippen molar-refractivity contribution >= 4 is 164 Å². The summed E-state index contributed by atoms with van der Waals surface area (Å²) in [5, 5.41) is 20.2. The SMILES string of the molecule is CC(=O)c1ccc(CBr)cc1.CC(=O)c1ccc(CSc2c(Cl)ccc3c2CCN(C(=O)OC(C)(C)C)CC3)cc1.CCCCn1ccc(-c2ccc(CSc3c(Cl)ccc4c3CCNCC4)cc2)n1.CCCCn1nccc1-c1ccc(CSc2c(Cl)ccc3c2CCNCC3)cc1.CN(C)/C=C/C(=O)c1ccc(CSc2c(Cl)ccc3c2CCN(C(=O)OC(C)(C)C)CC3)cc1.Cl.Cl. The van der Waals surface area contributed by atoms with E-state index in [1.807, 2.05) is 180 Å². The topological polar surface area (TPSA) is 173 Å². The summed E-state index contributed by atoms with van der Waals surface area (Å²) in [5.41, 5.74) is 22.5. The number of nitrogens with one attached hydrogen (secondary N) is 2. The summed E-state index contributed by atoms with van der Waals surface area (Å²) in [6, 6.07) is 61.5. The molecule has 2 amide bonds. The average Bonchev–Trinajstić information content (AvgIpc) is 1.76. The van der Waals surface area contributed by atoms with Gasteiger partial charge in [-0.05, 0) is 260 Å². The number of hydrogen-bond donors (Lipinski definition) is 2. The van der Waals surface area contributed by atoms with Gasteiger partial charge in [0, 0.05) is 148 Å². The molecule has 6 heterocycles. The van der Waals surface area contributed by atoms with Crippen LogP contribution in [0.15, 0.2) is 226 Å². The molecular weight excluding hydrogens is 1960 g/mol. The van der Waals surface area contributed by atoms with E-state index >= 15 is 0 Å². The Bertz CT molecular complexity index is 5730. The van der Waals surface area contributed by atoms with Gasteiger partial charge in [0.25, 0.3) is 0 Å². The Labute approximate surface area is 857 Å². The van der Waals surface area contributed by atoms with E-state index in [1.54, 1.807) is 59.4 Å². The van der Waals surface area contributed by atoms with E-state index in [9.17, 15) is 24.0 Å². The van der Waals surface area contributed by atoms with Gasteiger partial charge in [0.15, 0.2) is 17.3 Å². The highest BCUT2D eigenvalue weighted by Crippen LogP contribution is 2.42. The third-order valence-electron chi connectivity index (χ3n) is 22.8. The van der Waals surface area contributed by atoms with E-state index in [4.69, 9.17) is 61.0 Å². The molecule has 27 heteroatoms. The van der Waals surface area contributed by atoms with Gasteiger partial charge in [-0.1, -0.05) is 235 Å². The van der Waals surface area contributed by atoms with Crippen molar-refractivity contribution in [3.8, 4) is 22.5 Å². The Morgan fingerprint density at radius 1 is 0.444 bits per heavy atom. The van der Waals surface area contributed by atoms with E-state index < -0.39 is 11.2 Å². The molecule has 4 aliphatic rings. The van der Waals surface area contributed by atoms with Crippen LogP contribution in [0.1, 0.15) is 198 Å². The van der Waals surface area contributed by atoms with Crippen LogP contribution >= 0.6 is 134 Å². The third kappa shape index (κ3) is 34.2. The van der Waals surface area contributed by atoms with Crippen molar-refractivity contribution in [2.24, 2.45) is 0 Å². The molecule has 16 nitrogen and oxygen atoms in total. The zero-order valence-corrected chi connectivity index (χ0v) is 89.1. The van der Waals surface area contributed by atoms with Crippen LogP contribution < -0.4 is 10.6 Å². The lowest BCUT2D eigenvalue weighted by molar-refractivity contribution is 0.0247. The van der Waals surface area contributed by atoms with E-state index in [-0.39, 0.29) is 54.4 Å². The molecule has 0 bridgehead atoms. The summed E-state index contributed by atoms with van der Waals surface area (Å²) in [7, 11) is 3.77. The predicted molar refractivity (Wildman–Crippen MR) is 574 cm³/mol. The van der Waals surface area contributed by atoms with Gasteiger partial charge < -0.3 is 34.8 Å². The number of alkyl halides is 1. The summed E-state index contributed by atoms with van der Waals surface area (Å²) < 4.78 is 15.3. The average molecular weight is 2090 g/mol. The number of Topliss-reactive ketones (excluding diaryl/α,β-unsaturated/α-hetero) is 2. The molecule has 0 fully saturated rings. The van der Waals surface area contributed by atoms with Crippen molar-refractivity contribution < 1.29 is 33.4 Å². The third-order valence-corrected chi connectivity index (χ3v) is 30.1. The number of aromatic nitrogens is 4. The smallest absolute Gasteiger partial charge is 0.410 e. The lowest BCUT2D eigenvalue weighted by Crippen LogP contribution is -2.38. The van der Waals surface area contributed by atoms with Gasteiger partial charge in [-0.15, -0.1) is 71.9 Å². The van der Waals surface area contributed by atoms with Gasteiger partial charge in [0.1, 0.15) is 11.2 Å². The number of hydrogen-bond acceptors (Lipinski definition) is 16. The van der Waals surface area contributed by atoms with Gasteiger partial charge >= 0.3 is 12.2 Å². The number of nitrogens with zero attached hydrogens (tertiary/aromatic N) is 7. The number of allylic oxidation sites excluding steroid dienone is 1. The van der Waals surface area contributed by atoms with Crippen molar-refractivity contribution in [2.45, 2.75) is 219 Å². The number of carbonyl (C=O) groups excluding carboxylic acids is 5. The van der Waals surface area contributed by atoms with E-state index in [0.29, 0.717) is 31.7 Å². The summed E-state index contributed by atoms with van der Waals surface area (Å²) >= 11 is 36.8. The number of ketones is 3. The lowest BCUT2D eigenvalue weighted by Gasteiger charge is -2.26. The molecule has 11 aromatic rings. The second-order valence-corrected chi connectivity index (χ2v) is 41.8. The highest BCUT2D eigenvalue weighted by Gasteiger charge is 2.29. The van der Waals surface area contributed by atoms with Gasteiger partial charge in [-0.3, -0.25) is 23.7 Å². The van der Waals surface area contributed by atoms with Crippen molar-refractivity contribution in [1.29, 1.82) is 0 Å². The molecule has 0 saturated carbocycles. The van der Waals surface area contributed by atoms with Crippen molar-refractivity contribution in [1.82, 2.24) is 44.9 Å². The van der Waals surface area contributed by atoms with E-state index in [1.165, 1.54) is 107 Å². The number of benzene rings is 9. The number of unbranched alkanes of at least 4 members (excludes halogenated alkanes) is 2. The molecule has 0 radical (unpaired) electrons. The Morgan fingerprint density at radius 2 is 0.800 bits per heavy atom. The minimum Gasteiger partial charge on any atom is -0.444 e. The summed E-state index contributed by atoms with van der Waals surface area (Å²) in [6.45, 7) is 27.5. The van der Waals surface area contributed by atoms with Crippen LogP contribution in [-0.4, -0.2) is 141 Å². The van der Waals surface area contributed by atoms with E-state index in [2.05, 4.69) is 153 Å². The fourth-order valence-electron chi connectivity index (χ4n) is 15.5. The maximum Gasteiger partial charge on any atom is 0.410 e. The second-order valence-electron chi connectivity index (χ2n) is 35.6. The molecule has 0 atom stereocenters. The Hall–Kier alpha value is -7.97. The number of amides is 2. The molecule has 135 heavy (non-hydrogen) atoms. The summed E-state index contributed by atoms with van der Waals surface area (Å²) in [6.07, 6.45) is 18.8. The molecule has 720 valence electrons. The molecular formula is C108H128BrCl6N9O7S4. The molecule has 9 aromatic carbocycles. The highest BCUT2D eigenvalue weighted by atomic mass is 79.9. The molecule has 0 unspecified atom stereocenters. The summed E-state index contributed by atoms with van der Waals surface area (Å²) in [5.74, 6) is 3.54. The molecule has 0 spiro atoms. The van der Waals surface area contributed by atoms with Crippen LogP contribution in [-0.2, 0) is 102 Å². The normalized spacial score (nSPS) is 13.4. The number of aryl methyl sites for hydroxylation is 2. The molecule has 2 N–H and O–H groups in total. The fraction of sp³-hybridized carbons (Fsp3) is 0.380. The maximum atomic E-state index is 12.6. The van der Waals surface area contributed by atoms with Crippen LogP contribution in [0, 0.1) is 0 Å². The van der Waals surface area contributed by atoms with Crippen LogP contribution in [0.5, 0.6) is 0 Å². The number of carbonyl (C=O) groups is 5. The first-order valence-corrected chi connectivity index (χ1v) is 52.6. The maximum absolute atomic E-state index is 12.6.